The number of amides is 2. The Kier molecular flexibility index (Phi) is 7.84. The van der Waals surface area contributed by atoms with E-state index in [1.165, 1.54) is 47.4 Å². The molecule has 5 rings (SSSR count). The molecule has 3 heterocycles. The van der Waals surface area contributed by atoms with Gasteiger partial charge in [0.1, 0.15) is 10.6 Å². The number of methoxy groups -OCH3 is 1. The van der Waals surface area contributed by atoms with Crippen LogP contribution in [0.2, 0.25) is 0 Å². The van der Waals surface area contributed by atoms with E-state index in [9.17, 15) is 24.3 Å². The number of anilines is 3. The number of nitrogens with zero attached hydrogens (tertiary/aromatic N) is 7. The van der Waals surface area contributed by atoms with Gasteiger partial charge in [-0.2, -0.15) is 14.9 Å². The Morgan fingerprint density at radius 3 is 2.45 bits per heavy atom. The van der Waals surface area contributed by atoms with Crippen molar-refractivity contribution < 1.29 is 33.8 Å². The molecule has 0 aliphatic rings. The number of benzene rings is 2. The molecule has 0 atom stereocenters. The van der Waals surface area contributed by atoms with Gasteiger partial charge in [-0.15, -0.1) is 10.2 Å². The highest BCUT2D eigenvalue weighted by molar-refractivity contribution is 7.18. The second-order valence-electron chi connectivity index (χ2n) is 10.4. The lowest BCUT2D eigenvalue weighted by Gasteiger charge is -2.25. The van der Waals surface area contributed by atoms with Crippen LogP contribution in [0.25, 0.3) is 21.5 Å². The van der Waals surface area contributed by atoms with Gasteiger partial charge in [0.2, 0.25) is 5.13 Å². The van der Waals surface area contributed by atoms with Crippen LogP contribution < -0.4 is 10.2 Å². The molecule has 0 aliphatic heterocycles. The van der Waals surface area contributed by atoms with Gasteiger partial charge in [-0.05, 0) is 51.1 Å². The van der Waals surface area contributed by atoms with Gasteiger partial charge in [0.15, 0.2) is 0 Å². The van der Waals surface area contributed by atoms with Gasteiger partial charge in [0.05, 0.1) is 47.5 Å². The number of carboxylic acid groups (broad SMARTS) is 1. The van der Waals surface area contributed by atoms with Crippen molar-refractivity contribution in [2.45, 2.75) is 26.4 Å². The first-order chi connectivity index (χ1) is 20.8. The standard InChI is InChI=1S/C28H26N8O7S/c1-28(2,3)43-27(41)35(18-7-9-21-16(10-18)12-30-36(21)26(39)40)25-33-32-23(44-25)15-6-8-19(24(38)42-5)20(11-15)31-22(37)17-13-29-34(4)14-17/h6-14H,1-5H3,(H,31,37)(H,39,40). The molecular weight excluding hydrogens is 592 g/mol. The van der Waals surface area contributed by atoms with Gasteiger partial charge in [-0.1, -0.05) is 17.4 Å². The lowest BCUT2D eigenvalue weighted by Crippen LogP contribution is -2.33. The molecule has 0 bridgehead atoms. The zero-order chi connectivity index (χ0) is 31.8. The average Bonchev–Trinajstić information content (AvgIpc) is 3.71. The van der Waals surface area contributed by atoms with Gasteiger partial charge < -0.3 is 19.9 Å². The molecule has 3 aromatic heterocycles. The lowest BCUT2D eigenvalue weighted by molar-refractivity contribution is 0.0590. The normalized spacial score (nSPS) is 11.3. The molecule has 2 amide bonds. The van der Waals surface area contributed by atoms with Crippen LogP contribution in [0, 0.1) is 0 Å². The lowest BCUT2D eigenvalue weighted by atomic mass is 10.1. The third-order valence-electron chi connectivity index (χ3n) is 6.06. The highest BCUT2D eigenvalue weighted by Gasteiger charge is 2.29. The molecule has 0 radical (unpaired) electrons. The summed E-state index contributed by atoms with van der Waals surface area (Å²) in [6, 6.07) is 9.31. The topological polar surface area (TPSA) is 184 Å². The molecule has 44 heavy (non-hydrogen) atoms. The second kappa shape index (κ2) is 11.6. The van der Waals surface area contributed by atoms with E-state index in [0.29, 0.717) is 27.2 Å². The quantitative estimate of drug-likeness (QED) is 0.246. The summed E-state index contributed by atoms with van der Waals surface area (Å²) in [6.07, 6.45) is 2.30. The fourth-order valence-electron chi connectivity index (χ4n) is 4.14. The second-order valence-corrected chi connectivity index (χ2v) is 11.4. The predicted octanol–water partition coefficient (Wildman–Crippen LogP) is 4.93. The van der Waals surface area contributed by atoms with Gasteiger partial charge in [-0.3, -0.25) is 9.48 Å². The SMILES string of the molecule is COC(=O)c1ccc(-c2nnc(N(C(=O)OC(C)(C)C)c3ccc4c(cnn4C(=O)O)c3)s2)cc1NC(=O)c1cnn(C)c1. The number of ether oxygens (including phenoxy) is 2. The number of hydrogen-bond acceptors (Lipinski definition) is 11. The molecular formula is C28H26N8O7S. The largest absolute Gasteiger partial charge is 0.465 e. The molecule has 0 saturated heterocycles. The summed E-state index contributed by atoms with van der Waals surface area (Å²) in [5.74, 6) is -1.15. The van der Waals surface area contributed by atoms with Gasteiger partial charge in [-0.25, -0.2) is 19.3 Å². The van der Waals surface area contributed by atoms with E-state index in [2.05, 4.69) is 25.7 Å². The first-order valence-electron chi connectivity index (χ1n) is 12.9. The molecule has 5 aromatic rings. The van der Waals surface area contributed by atoms with Crippen LogP contribution in [-0.4, -0.2) is 71.6 Å². The number of carbonyl (C=O) groups excluding carboxylic acids is 3. The third-order valence-corrected chi connectivity index (χ3v) is 7.02. The Balaban J connectivity index is 1.54. The molecule has 0 fully saturated rings. The number of nitrogens with one attached hydrogen (secondary N) is 1. The highest BCUT2D eigenvalue weighted by atomic mass is 32.1. The molecule has 2 N–H and O–H groups in total. The van der Waals surface area contributed by atoms with E-state index in [0.717, 1.165) is 16.0 Å². The Labute approximate surface area is 253 Å². The summed E-state index contributed by atoms with van der Waals surface area (Å²) in [7, 11) is 2.90. The first kappa shape index (κ1) is 29.8. The van der Waals surface area contributed by atoms with Crippen molar-refractivity contribution in [3.8, 4) is 10.6 Å². The van der Waals surface area contributed by atoms with Crippen LogP contribution in [0.15, 0.2) is 55.0 Å². The fourth-order valence-corrected chi connectivity index (χ4v) is 4.99. The minimum atomic E-state index is -1.25. The van der Waals surface area contributed by atoms with Gasteiger partial charge >= 0.3 is 18.2 Å². The first-order valence-corrected chi connectivity index (χ1v) is 13.8. The van der Waals surface area contributed by atoms with E-state index in [1.807, 2.05) is 0 Å². The molecule has 16 heteroatoms. The Morgan fingerprint density at radius 1 is 1.02 bits per heavy atom. The number of aryl methyl sites for hydroxylation is 1. The number of rotatable bonds is 6. The van der Waals surface area contributed by atoms with E-state index in [-0.39, 0.29) is 21.9 Å². The Hall–Kier alpha value is -5.64. The van der Waals surface area contributed by atoms with Crippen LogP contribution in [0.4, 0.5) is 26.1 Å². The number of esters is 1. The third kappa shape index (κ3) is 6.10. The zero-order valence-electron chi connectivity index (χ0n) is 24.1. The molecule has 0 unspecified atom stereocenters. The van der Waals surface area contributed by atoms with E-state index in [1.54, 1.807) is 52.1 Å². The monoisotopic (exact) mass is 618 g/mol. The summed E-state index contributed by atoms with van der Waals surface area (Å²) >= 11 is 1.05. The number of carbonyl (C=O) groups is 4. The summed E-state index contributed by atoms with van der Waals surface area (Å²) in [5, 5.41) is 29.5. The predicted molar refractivity (Wildman–Crippen MR) is 159 cm³/mol. The molecule has 226 valence electrons. The number of aromatic nitrogens is 6. The van der Waals surface area contributed by atoms with Crippen molar-refractivity contribution >= 4 is 62.8 Å². The highest BCUT2D eigenvalue weighted by Crippen LogP contribution is 2.36. The van der Waals surface area contributed by atoms with Crippen molar-refractivity contribution in [1.82, 2.24) is 29.8 Å². The van der Waals surface area contributed by atoms with E-state index < -0.39 is 29.7 Å². The van der Waals surface area contributed by atoms with Crippen LogP contribution in [0.3, 0.4) is 0 Å². The molecule has 0 spiro atoms. The fraction of sp³-hybridized carbons (Fsp3) is 0.214. The Morgan fingerprint density at radius 2 is 1.80 bits per heavy atom. The number of fused-ring (bicyclic) bond motifs is 1. The minimum absolute atomic E-state index is 0.115. The maximum atomic E-state index is 13.4. The van der Waals surface area contributed by atoms with Crippen molar-refractivity contribution in [3.05, 3.63) is 66.1 Å². The minimum Gasteiger partial charge on any atom is -0.465 e. The maximum Gasteiger partial charge on any atom is 0.432 e. The summed E-state index contributed by atoms with van der Waals surface area (Å²) < 4.78 is 12.8. The van der Waals surface area contributed by atoms with Gasteiger partial charge in [0.25, 0.3) is 5.91 Å². The van der Waals surface area contributed by atoms with Crippen molar-refractivity contribution in [2.75, 3.05) is 17.3 Å². The summed E-state index contributed by atoms with van der Waals surface area (Å²) in [6.45, 7) is 5.16. The zero-order valence-corrected chi connectivity index (χ0v) is 24.9. The maximum absolute atomic E-state index is 13.4. The molecule has 2 aromatic carbocycles. The van der Waals surface area contributed by atoms with Crippen LogP contribution >= 0.6 is 11.3 Å². The van der Waals surface area contributed by atoms with Crippen LogP contribution in [0.5, 0.6) is 0 Å². The van der Waals surface area contributed by atoms with Crippen LogP contribution in [-0.2, 0) is 16.5 Å². The summed E-state index contributed by atoms with van der Waals surface area (Å²) in [4.78, 5) is 51.5. The van der Waals surface area contributed by atoms with Gasteiger partial charge in [0, 0.05) is 24.2 Å². The Bertz CT molecular complexity index is 1920. The number of hydrogen-bond donors (Lipinski definition) is 2. The van der Waals surface area contributed by atoms with Crippen molar-refractivity contribution in [3.63, 3.8) is 0 Å². The van der Waals surface area contributed by atoms with E-state index in [4.69, 9.17) is 9.47 Å². The molecule has 0 saturated carbocycles. The van der Waals surface area contributed by atoms with Crippen LogP contribution in [0.1, 0.15) is 41.5 Å². The smallest absolute Gasteiger partial charge is 0.432 e. The van der Waals surface area contributed by atoms with Crippen molar-refractivity contribution in [2.24, 2.45) is 7.05 Å². The van der Waals surface area contributed by atoms with Crippen molar-refractivity contribution in [1.29, 1.82) is 0 Å². The molecule has 15 nitrogen and oxygen atoms in total. The average molecular weight is 619 g/mol. The van der Waals surface area contributed by atoms with E-state index >= 15 is 0 Å². The summed E-state index contributed by atoms with van der Waals surface area (Å²) in [5.41, 5.74) is 0.885. The molecule has 0 aliphatic carbocycles.